The van der Waals surface area contributed by atoms with Crippen molar-refractivity contribution in [2.45, 2.75) is 32.7 Å². The van der Waals surface area contributed by atoms with Gasteiger partial charge in [-0.3, -0.25) is 19.6 Å². The van der Waals surface area contributed by atoms with Gasteiger partial charge in [-0.25, -0.2) is 0 Å². The van der Waals surface area contributed by atoms with Crippen LogP contribution in [0.15, 0.2) is 48.5 Å². The van der Waals surface area contributed by atoms with E-state index in [1.807, 2.05) is 0 Å². The van der Waals surface area contributed by atoms with Crippen LogP contribution >= 0.6 is 11.6 Å². The van der Waals surface area contributed by atoms with Gasteiger partial charge in [-0.1, -0.05) is 23.7 Å². The summed E-state index contributed by atoms with van der Waals surface area (Å²) in [6.07, 6.45) is -4.28. The fourth-order valence-corrected chi connectivity index (χ4v) is 3.33. The molecule has 1 heterocycles. The average molecular weight is 497 g/mol. The van der Waals surface area contributed by atoms with E-state index in [-0.39, 0.29) is 37.0 Å². The van der Waals surface area contributed by atoms with Crippen molar-refractivity contribution in [3.8, 4) is 5.75 Å². The van der Waals surface area contributed by atoms with E-state index in [9.17, 15) is 28.1 Å². The highest BCUT2D eigenvalue weighted by Gasteiger charge is 2.38. The Morgan fingerprint density at radius 3 is 2.56 bits per heavy atom. The maximum atomic E-state index is 12.9. The summed E-state index contributed by atoms with van der Waals surface area (Å²) in [6, 6.07) is 12.4. The molecule has 8 nitrogen and oxygen atoms in total. The van der Waals surface area contributed by atoms with Crippen LogP contribution < -0.4 is 10.1 Å². The number of nitro benzene ring substituents is 1. The molecular weight excluding hydrogens is 477 g/mol. The number of carbonyl (C=O) groups is 1. The third-order valence-corrected chi connectivity index (χ3v) is 5.33. The van der Waals surface area contributed by atoms with Gasteiger partial charge in [0.25, 0.3) is 11.6 Å². The first-order valence-corrected chi connectivity index (χ1v) is 10.5. The molecule has 2 aromatic carbocycles. The second kappa shape index (κ2) is 10.6. The second-order valence-corrected chi connectivity index (χ2v) is 7.70. The molecule has 0 atom stereocenters. The molecule has 12 heteroatoms. The number of aryl methyl sites for hydroxylation is 1. The number of amides is 1. The maximum absolute atomic E-state index is 12.9. The quantitative estimate of drug-likeness (QED) is 0.250. The lowest BCUT2D eigenvalue weighted by Crippen LogP contribution is -2.25. The average Bonchev–Trinajstić information content (AvgIpc) is 3.09. The summed E-state index contributed by atoms with van der Waals surface area (Å²) < 4.78 is 45.5. The molecule has 1 aromatic heterocycles. The number of ether oxygens (including phenoxy) is 1. The molecule has 0 saturated carbocycles. The zero-order valence-electron chi connectivity index (χ0n) is 17.9. The monoisotopic (exact) mass is 496 g/mol. The standard InChI is InChI=1S/C22H20ClF3N4O4/c1-14-19(23)20(22(24,25)26)28-29(14)11-3-10-27-21(31)16-5-2-4-15(12-16)13-34-18-8-6-17(7-9-18)30(32)33/h2,4-9,12H,3,10-11,13H2,1H3,(H,27,31). The van der Waals surface area contributed by atoms with Crippen molar-refractivity contribution in [2.24, 2.45) is 0 Å². The Morgan fingerprint density at radius 2 is 1.94 bits per heavy atom. The van der Waals surface area contributed by atoms with Crippen LogP contribution in [0, 0.1) is 17.0 Å². The zero-order valence-corrected chi connectivity index (χ0v) is 18.7. The normalized spacial score (nSPS) is 11.3. The highest BCUT2D eigenvalue weighted by Crippen LogP contribution is 2.35. The van der Waals surface area contributed by atoms with Gasteiger partial charge in [-0.05, 0) is 43.2 Å². The maximum Gasteiger partial charge on any atom is 0.436 e. The minimum Gasteiger partial charge on any atom is -0.489 e. The fraction of sp³-hybridized carbons (Fsp3) is 0.273. The smallest absolute Gasteiger partial charge is 0.436 e. The number of aromatic nitrogens is 2. The van der Waals surface area contributed by atoms with Gasteiger partial charge in [0, 0.05) is 30.8 Å². The van der Waals surface area contributed by atoms with Gasteiger partial charge in [0.15, 0.2) is 5.69 Å². The summed E-state index contributed by atoms with van der Waals surface area (Å²) in [4.78, 5) is 22.6. The molecule has 0 aliphatic rings. The lowest BCUT2D eigenvalue weighted by atomic mass is 10.1. The van der Waals surface area contributed by atoms with E-state index >= 15 is 0 Å². The minimum absolute atomic E-state index is 0.0439. The van der Waals surface area contributed by atoms with Crippen molar-refractivity contribution in [3.63, 3.8) is 0 Å². The van der Waals surface area contributed by atoms with Crippen molar-refractivity contribution < 1.29 is 27.6 Å². The number of non-ortho nitro benzene ring substituents is 1. The van der Waals surface area contributed by atoms with Gasteiger partial charge >= 0.3 is 6.18 Å². The molecule has 1 N–H and O–H groups in total. The Kier molecular flexibility index (Phi) is 7.77. The van der Waals surface area contributed by atoms with E-state index < -0.39 is 21.8 Å². The Labute approximate surface area is 197 Å². The Morgan fingerprint density at radius 1 is 1.24 bits per heavy atom. The van der Waals surface area contributed by atoms with Crippen LogP contribution in [0.5, 0.6) is 5.75 Å². The molecule has 0 aliphatic heterocycles. The molecule has 34 heavy (non-hydrogen) atoms. The molecular formula is C22H20ClF3N4O4. The van der Waals surface area contributed by atoms with E-state index in [0.29, 0.717) is 23.3 Å². The highest BCUT2D eigenvalue weighted by molar-refractivity contribution is 6.31. The molecule has 0 fully saturated rings. The molecule has 0 aliphatic carbocycles. The summed E-state index contributed by atoms with van der Waals surface area (Å²) in [5, 5.41) is 16.5. The fourth-order valence-electron chi connectivity index (χ4n) is 3.09. The van der Waals surface area contributed by atoms with Gasteiger partial charge in [0.1, 0.15) is 12.4 Å². The SMILES string of the molecule is Cc1c(Cl)c(C(F)(F)F)nn1CCCNC(=O)c1cccc(COc2ccc([N+](=O)[O-])cc2)c1. The van der Waals surface area contributed by atoms with Gasteiger partial charge in [0.05, 0.1) is 15.6 Å². The third kappa shape index (κ3) is 6.25. The number of hydrogen-bond acceptors (Lipinski definition) is 5. The van der Waals surface area contributed by atoms with Gasteiger partial charge in [-0.2, -0.15) is 18.3 Å². The number of benzene rings is 2. The summed E-state index contributed by atoms with van der Waals surface area (Å²) in [5.74, 6) is 0.103. The number of nitro groups is 1. The third-order valence-electron chi connectivity index (χ3n) is 4.88. The van der Waals surface area contributed by atoms with Crippen LogP contribution in [0.4, 0.5) is 18.9 Å². The van der Waals surface area contributed by atoms with Gasteiger partial charge < -0.3 is 10.1 Å². The van der Waals surface area contributed by atoms with E-state index in [0.717, 1.165) is 0 Å². The van der Waals surface area contributed by atoms with E-state index in [1.54, 1.807) is 24.3 Å². The van der Waals surface area contributed by atoms with Crippen LogP contribution in [0.2, 0.25) is 5.02 Å². The van der Waals surface area contributed by atoms with E-state index in [2.05, 4.69) is 10.4 Å². The molecule has 0 radical (unpaired) electrons. The molecule has 3 aromatic rings. The first-order valence-electron chi connectivity index (χ1n) is 10.1. The first kappa shape index (κ1) is 25.0. The molecule has 0 spiro atoms. The molecule has 180 valence electrons. The first-order chi connectivity index (χ1) is 16.1. The molecule has 3 rings (SSSR count). The highest BCUT2D eigenvalue weighted by atomic mass is 35.5. The lowest BCUT2D eigenvalue weighted by molar-refractivity contribution is -0.384. The van der Waals surface area contributed by atoms with Crippen LogP contribution in [-0.4, -0.2) is 27.2 Å². The molecule has 0 saturated heterocycles. The van der Waals surface area contributed by atoms with Gasteiger partial charge in [-0.15, -0.1) is 0 Å². The van der Waals surface area contributed by atoms with Crippen LogP contribution in [0.3, 0.4) is 0 Å². The Bertz CT molecular complexity index is 1180. The van der Waals surface area contributed by atoms with Gasteiger partial charge in [0.2, 0.25) is 0 Å². The number of nitrogens with zero attached hydrogens (tertiary/aromatic N) is 3. The van der Waals surface area contributed by atoms with Crippen LogP contribution in [0.1, 0.15) is 33.7 Å². The zero-order chi connectivity index (χ0) is 24.9. The van der Waals surface area contributed by atoms with Crippen molar-refractivity contribution >= 4 is 23.2 Å². The van der Waals surface area contributed by atoms with Crippen molar-refractivity contribution in [3.05, 3.63) is 86.2 Å². The topological polar surface area (TPSA) is 99.3 Å². The van der Waals surface area contributed by atoms with Crippen molar-refractivity contribution in [1.29, 1.82) is 0 Å². The minimum atomic E-state index is -4.63. The predicted molar refractivity (Wildman–Crippen MR) is 118 cm³/mol. The summed E-state index contributed by atoms with van der Waals surface area (Å²) in [6.45, 7) is 1.98. The van der Waals surface area contributed by atoms with E-state index in [1.165, 1.54) is 35.9 Å². The van der Waals surface area contributed by atoms with Crippen molar-refractivity contribution in [2.75, 3.05) is 6.54 Å². The number of rotatable bonds is 9. The number of nitrogens with one attached hydrogen (secondary N) is 1. The molecule has 0 unspecified atom stereocenters. The number of halogens is 4. The predicted octanol–water partition coefficient (Wildman–Crippen LogP) is 5.17. The van der Waals surface area contributed by atoms with Crippen LogP contribution in [-0.2, 0) is 19.3 Å². The largest absolute Gasteiger partial charge is 0.489 e. The molecule has 1 amide bonds. The summed E-state index contributed by atoms with van der Waals surface area (Å²) >= 11 is 5.73. The van der Waals surface area contributed by atoms with Crippen molar-refractivity contribution in [1.82, 2.24) is 15.1 Å². The van der Waals surface area contributed by atoms with E-state index in [4.69, 9.17) is 16.3 Å². The summed E-state index contributed by atoms with van der Waals surface area (Å²) in [7, 11) is 0. The Balaban J connectivity index is 1.50. The summed E-state index contributed by atoms with van der Waals surface area (Å²) in [5.41, 5.74) is 0.150. The molecule has 0 bridgehead atoms. The Hall–Kier alpha value is -3.60. The number of hydrogen-bond donors (Lipinski definition) is 1. The van der Waals surface area contributed by atoms with Crippen LogP contribution in [0.25, 0.3) is 0 Å². The lowest BCUT2D eigenvalue weighted by Gasteiger charge is -2.09. The second-order valence-electron chi connectivity index (χ2n) is 7.32. The number of carbonyl (C=O) groups excluding carboxylic acids is 1. The number of alkyl halides is 3.